The third-order valence-corrected chi connectivity index (χ3v) is 1.74. The number of nitriles is 1. The van der Waals surface area contributed by atoms with Crippen LogP contribution in [0, 0.1) is 11.3 Å². The largest absolute Gasteiger partial charge is 0.497 e. The first-order valence-electron chi connectivity index (χ1n) is 4.59. The normalized spacial score (nSPS) is 9.75. The lowest BCUT2D eigenvalue weighted by Gasteiger charge is -1.99. The van der Waals surface area contributed by atoms with Crippen LogP contribution >= 0.6 is 0 Å². The SMILES string of the molecule is COc1cccc(/C=N\NC(=O)CC#N)c1. The van der Waals surface area contributed by atoms with E-state index < -0.39 is 5.91 Å². The molecule has 1 aromatic rings. The Morgan fingerprint density at radius 2 is 2.50 bits per heavy atom. The van der Waals surface area contributed by atoms with E-state index in [4.69, 9.17) is 10.00 Å². The van der Waals surface area contributed by atoms with Gasteiger partial charge in [0, 0.05) is 0 Å². The van der Waals surface area contributed by atoms with Gasteiger partial charge < -0.3 is 4.74 Å². The Kier molecular flexibility index (Phi) is 4.54. The molecule has 1 rings (SSSR count). The van der Waals surface area contributed by atoms with Crippen molar-refractivity contribution in [2.24, 2.45) is 5.10 Å². The van der Waals surface area contributed by atoms with Crippen LogP contribution in [-0.4, -0.2) is 19.2 Å². The van der Waals surface area contributed by atoms with Crippen LogP contribution in [0.1, 0.15) is 12.0 Å². The van der Waals surface area contributed by atoms with Crippen LogP contribution in [0.5, 0.6) is 5.75 Å². The van der Waals surface area contributed by atoms with Gasteiger partial charge in [-0.3, -0.25) is 4.79 Å². The number of rotatable bonds is 4. The molecule has 5 heteroatoms. The van der Waals surface area contributed by atoms with Crippen molar-refractivity contribution in [3.05, 3.63) is 29.8 Å². The molecule has 1 aromatic carbocycles. The lowest BCUT2D eigenvalue weighted by molar-refractivity contribution is -0.120. The van der Waals surface area contributed by atoms with Crippen molar-refractivity contribution < 1.29 is 9.53 Å². The van der Waals surface area contributed by atoms with Gasteiger partial charge in [0.1, 0.15) is 12.2 Å². The van der Waals surface area contributed by atoms with Gasteiger partial charge >= 0.3 is 0 Å². The molecule has 0 aromatic heterocycles. The van der Waals surface area contributed by atoms with Gasteiger partial charge in [-0.25, -0.2) is 5.43 Å². The average Bonchev–Trinajstić information content (AvgIpc) is 2.30. The van der Waals surface area contributed by atoms with Gasteiger partial charge in [-0.1, -0.05) is 12.1 Å². The van der Waals surface area contributed by atoms with Gasteiger partial charge in [0.2, 0.25) is 0 Å². The zero-order valence-electron chi connectivity index (χ0n) is 8.80. The highest BCUT2D eigenvalue weighted by atomic mass is 16.5. The van der Waals surface area contributed by atoms with E-state index in [0.717, 1.165) is 5.56 Å². The van der Waals surface area contributed by atoms with E-state index in [0.29, 0.717) is 5.75 Å². The molecule has 82 valence electrons. The van der Waals surface area contributed by atoms with Crippen molar-refractivity contribution >= 4 is 12.1 Å². The second-order valence-corrected chi connectivity index (χ2v) is 2.90. The maximum atomic E-state index is 10.9. The highest BCUT2D eigenvalue weighted by Crippen LogP contribution is 2.10. The molecule has 16 heavy (non-hydrogen) atoms. The highest BCUT2D eigenvalue weighted by molar-refractivity contribution is 5.83. The summed E-state index contributed by atoms with van der Waals surface area (Å²) in [7, 11) is 1.57. The minimum absolute atomic E-state index is 0.199. The second kappa shape index (κ2) is 6.19. The number of ether oxygens (including phenoxy) is 1. The number of methoxy groups -OCH3 is 1. The van der Waals surface area contributed by atoms with E-state index in [-0.39, 0.29) is 6.42 Å². The summed E-state index contributed by atoms with van der Waals surface area (Å²) in [5.41, 5.74) is 3.04. The van der Waals surface area contributed by atoms with E-state index in [1.54, 1.807) is 19.2 Å². The van der Waals surface area contributed by atoms with E-state index in [1.165, 1.54) is 6.21 Å². The molecule has 1 N–H and O–H groups in total. The Bertz CT molecular complexity index is 435. The predicted octanol–water partition coefficient (Wildman–Crippen LogP) is 1.06. The summed E-state index contributed by atoms with van der Waals surface area (Å²) in [4.78, 5) is 10.9. The van der Waals surface area contributed by atoms with Gasteiger partial charge in [0.15, 0.2) is 0 Å². The molecule has 5 nitrogen and oxygen atoms in total. The monoisotopic (exact) mass is 217 g/mol. The smallest absolute Gasteiger partial charge is 0.254 e. The molecule has 0 fully saturated rings. The standard InChI is InChI=1S/C11H11N3O2/c1-16-10-4-2-3-9(7-10)8-13-14-11(15)5-6-12/h2-4,7-8H,5H2,1H3,(H,14,15)/b13-8-. The van der Waals surface area contributed by atoms with E-state index in [9.17, 15) is 4.79 Å². The molecule has 0 heterocycles. The fourth-order valence-corrected chi connectivity index (χ4v) is 1.01. The van der Waals surface area contributed by atoms with Crippen molar-refractivity contribution in [2.75, 3.05) is 7.11 Å². The minimum Gasteiger partial charge on any atom is -0.497 e. The van der Waals surface area contributed by atoms with Gasteiger partial charge in [-0.05, 0) is 17.7 Å². The summed E-state index contributed by atoms with van der Waals surface area (Å²) in [6.07, 6.45) is 1.28. The summed E-state index contributed by atoms with van der Waals surface area (Å²) in [6.45, 7) is 0. The van der Waals surface area contributed by atoms with Crippen LogP contribution in [0.4, 0.5) is 0 Å². The van der Waals surface area contributed by atoms with Crippen LogP contribution in [0.3, 0.4) is 0 Å². The number of hydrazone groups is 1. The fraction of sp³-hybridized carbons (Fsp3) is 0.182. The van der Waals surface area contributed by atoms with Crippen molar-refractivity contribution in [1.82, 2.24) is 5.43 Å². The molecule has 0 radical (unpaired) electrons. The molecular formula is C11H11N3O2. The highest BCUT2D eigenvalue weighted by Gasteiger charge is 1.96. The number of benzene rings is 1. The predicted molar refractivity (Wildman–Crippen MR) is 59.0 cm³/mol. The Balaban J connectivity index is 2.56. The van der Waals surface area contributed by atoms with Crippen molar-refractivity contribution in [1.29, 1.82) is 5.26 Å². The van der Waals surface area contributed by atoms with Crippen molar-refractivity contribution in [3.8, 4) is 11.8 Å². The molecule has 0 unspecified atom stereocenters. The van der Waals surface area contributed by atoms with Crippen LogP contribution in [0.25, 0.3) is 0 Å². The number of nitrogens with one attached hydrogen (secondary N) is 1. The van der Waals surface area contributed by atoms with Gasteiger partial charge in [0.25, 0.3) is 5.91 Å². The number of hydrogen-bond acceptors (Lipinski definition) is 4. The topological polar surface area (TPSA) is 74.5 Å². The summed E-state index contributed by atoms with van der Waals surface area (Å²) in [5, 5.41) is 11.9. The molecular weight excluding hydrogens is 206 g/mol. The zero-order chi connectivity index (χ0) is 11.8. The Morgan fingerprint density at radius 3 is 3.19 bits per heavy atom. The zero-order valence-corrected chi connectivity index (χ0v) is 8.80. The molecule has 1 amide bonds. The molecule has 0 aliphatic rings. The Morgan fingerprint density at radius 1 is 1.69 bits per heavy atom. The summed E-state index contributed by atoms with van der Waals surface area (Å²) in [6, 6.07) is 8.96. The van der Waals surface area contributed by atoms with Crippen LogP contribution < -0.4 is 10.2 Å². The maximum Gasteiger partial charge on any atom is 0.254 e. The molecule has 0 bridgehead atoms. The van der Waals surface area contributed by atoms with Crippen molar-refractivity contribution in [2.45, 2.75) is 6.42 Å². The summed E-state index contributed by atoms with van der Waals surface area (Å²) in [5.74, 6) is 0.286. The van der Waals surface area contributed by atoms with Gasteiger partial charge in [-0.2, -0.15) is 10.4 Å². The third-order valence-electron chi connectivity index (χ3n) is 1.74. The Hall–Kier alpha value is -2.35. The first-order valence-corrected chi connectivity index (χ1v) is 4.59. The third kappa shape index (κ3) is 3.80. The molecule has 0 aliphatic carbocycles. The maximum absolute atomic E-state index is 10.9. The quantitative estimate of drug-likeness (QED) is 0.605. The molecule has 0 spiro atoms. The summed E-state index contributed by atoms with van der Waals surface area (Å²) < 4.78 is 5.03. The first-order chi connectivity index (χ1) is 7.76. The lowest BCUT2D eigenvalue weighted by Crippen LogP contribution is -2.16. The van der Waals surface area contributed by atoms with Crippen LogP contribution in [0.2, 0.25) is 0 Å². The number of amides is 1. The number of hydrogen-bond donors (Lipinski definition) is 1. The van der Waals surface area contributed by atoms with Crippen LogP contribution in [0.15, 0.2) is 29.4 Å². The van der Waals surface area contributed by atoms with E-state index >= 15 is 0 Å². The average molecular weight is 217 g/mol. The van der Waals surface area contributed by atoms with E-state index in [1.807, 2.05) is 18.2 Å². The molecule has 0 aliphatic heterocycles. The molecule has 0 atom stereocenters. The van der Waals surface area contributed by atoms with Crippen LogP contribution in [-0.2, 0) is 4.79 Å². The van der Waals surface area contributed by atoms with E-state index in [2.05, 4.69) is 10.5 Å². The fourth-order valence-electron chi connectivity index (χ4n) is 1.01. The minimum atomic E-state index is -0.429. The molecule has 0 saturated heterocycles. The number of carbonyl (C=O) groups excluding carboxylic acids is 1. The molecule has 0 saturated carbocycles. The van der Waals surface area contributed by atoms with Gasteiger partial charge in [-0.15, -0.1) is 0 Å². The summed E-state index contributed by atoms with van der Waals surface area (Å²) >= 11 is 0. The Labute approximate surface area is 93.3 Å². The second-order valence-electron chi connectivity index (χ2n) is 2.90. The lowest BCUT2D eigenvalue weighted by atomic mass is 10.2. The van der Waals surface area contributed by atoms with Crippen molar-refractivity contribution in [3.63, 3.8) is 0 Å². The van der Waals surface area contributed by atoms with Gasteiger partial charge in [0.05, 0.1) is 19.4 Å². The first kappa shape index (κ1) is 11.7. The number of nitrogens with zero attached hydrogens (tertiary/aromatic N) is 2. The number of carbonyl (C=O) groups is 1.